The lowest BCUT2D eigenvalue weighted by molar-refractivity contribution is -0.116. The number of methoxy groups -OCH3 is 2. The predicted molar refractivity (Wildman–Crippen MR) is 102 cm³/mol. The third-order valence-electron chi connectivity index (χ3n) is 5.71. The standard InChI is InChI=1S/C20H25N3O4/c1-26-15-9-8-12(10-16(15)27-2)14-11-17(24)21-19-18(14)20(25)22-23(19)13-6-4-3-5-7-13/h8-10,13-14H,3-7,11H2,1-2H3,(H,21,24)(H,22,25)/t14-/m0/s1. The van der Waals surface area contributed by atoms with Crippen LogP contribution in [-0.4, -0.2) is 29.9 Å². The molecule has 0 spiro atoms. The van der Waals surface area contributed by atoms with Crippen LogP contribution < -0.4 is 20.3 Å². The topological polar surface area (TPSA) is 85.4 Å². The van der Waals surface area contributed by atoms with Crippen molar-refractivity contribution in [3.63, 3.8) is 0 Å². The summed E-state index contributed by atoms with van der Waals surface area (Å²) >= 11 is 0. The van der Waals surface area contributed by atoms with Crippen LogP contribution in [0.1, 0.15) is 61.6 Å². The number of carbonyl (C=O) groups excluding carboxylic acids is 1. The number of anilines is 1. The first-order valence-electron chi connectivity index (χ1n) is 9.48. The van der Waals surface area contributed by atoms with Crippen LogP contribution in [0.15, 0.2) is 23.0 Å². The zero-order chi connectivity index (χ0) is 19.0. The van der Waals surface area contributed by atoms with Crippen LogP contribution >= 0.6 is 0 Å². The maximum absolute atomic E-state index is 12.8. The fourth-order valence-corrected chi connectivity index (χ4v) is 4.35. The van der Waals surface area contributed by atoms with Crippen molar-refractivity contribution in [2.75, 3.05) is 19.5 Å². The lowest BCUT2D eigenvalue weighted by Gasteiger charge is -2.28. The summed E-state index contributed by atoms with van der Waals surface area (Å²) < 4.78 is 12.6. The summed E-state index contributed by atoms with van der Waals surface area (Å²) in [6.45, 7) is 0. The number of aromatic amines is 1. The molecule has 144 valence electrons. The molecule has 4 rings (SSSR count). The minimum atomic E-state index is -0.304. The van der Waals surface area contributed by atoms with Gasteiger partial charge in [-0.15, -0.1) is 0 Å². The molecule has 1 saturated carbocycles. The number of hydrogen-bond acceptors (Lipinski definition) is 4. The molecule has 2 N–H and O–H groups in total. The first kappa shape index (κ1) is 17.7. The molecule has 0 radical (unpaired) electrons. The van der Waals surface area contributed by atoms with Gasteiger partial charge in [0.2, 0.25) is 5.91 Å². The van der Waals surface area contributed by atoms with Gasteiger partial charge in [-0.3, -0.25) is 19.4 Å². The van der Waals surface area contributed by atoms with Gasteiger partial charge in [-0.1, -0.05) is 25.3 Å². The minimum Gasteiger partial charge on any atom is -0.493 e. The van der Waals surface area contributed by atoms with Crippen molar-refractivity contribution in [1.82, 2.24) is 9.78 Å². The van der Waals surface area contributed by atoms with Gasteiger partial charge in [-0.25, -0.2) is 0 Å². The average Bonchev–Trinajstić information content (AvgIpc) is 3.03. The number of benzene rings is 1. The number of rotatable bonds is 4. The third-order valence-corrected chi connectivity index (χ3v) is 5.71. The Morgan fingerprint density at radius 3 is 2.48 bits per heavy atom. The van der Waals surface area contributed by atoms with Gasteiger partial charge in [0.15, 0.2) is 11.5 Å². The van der Waals surface area contributed by atoms with E-state index in [0.717, 1.165) is 31.2 Å². The Kier molecular flexibility index (Phi) is 4.68. The molecule has 7 nitrogen and oxygen atoms in total. The second kappa shape index (κ2) is 7.13. The fourth-order valence-electron chi connectivity index (χ4n) is 4.35. The Morgan fingerprint density at radius 2 is 1.78 bits per heavy atom. The third kappa shape index (κ3) is 3.11. The van der Waals surface area contributed by atoms with Gasteiger partial charge < -0.3 is 14.8 Å². The Labute approximate surface area is 157 Å². The van der Waals surface area contributed by atoms with Gasteiger partial charge in [0.05, 0.1) is 25.8 Å². The van der Waals surface area contributed by atoms with E-state index < -0.39 is 0 Å². The van der Waals surface area contributed by atoms with Crippen molar-refractivity contribution in [1.29, 1.82) is 0 Å². The molecule has 7 heteroatoms. The van der Waals surface area contributed by atoms with Crippen molar-refractivity contribution in [3.05, 3.63) is 39.7 Å². The number of hydrogen-bond donors (Lipinski definition) is 2. The molecule has 2 heterocycles. The second-order valence-corrected chi connectivity index (χ2v) is 7.28. The van der Waals surface area contributed by atoms with E-state index in [-0.39, 0.29) is 29.8 Å². The van der Waals surface area contributed by atoms with Gasteiger partial charge in [0, 0.05) is 12.3 Å². The average molecular weight is 371 g/mol. The van der Waals surface area contributed by atoms with E-state index in [4.69, 9.17) is 9.47 Å². The zero-order valence-corrected chi connectivity index (χ0v) is 15.7. The molecular weight excluding hydrogens is 346 g/mol. The lowest BCUT2D eigenvalue weighted by Crippen LogP contribution is -2.27. The number of nitrogens with zero attached hydrogens (tertiary/aromatic N) is 1. The largest absolute Gasteiger partial charge is 0.493 e. The summed E-state index contributed by atoms with van der Waals surface area (Å²) in [7, 11) is 3.16. The molecule has 1 fully saturated rings. The minimum absolute atomic E-state index is 0.0779. The lowest BCUT2D eigenvalue weighted by atomic mass is 9.86. The van der Waals surface area contributed by atoms with E-state index in [1.807, 2.05) is 22.9 Å². The number of fused-ring (bicyclic) bond motifs is 1. The second-order valence-electron chi connectivity index (χ2n) is 7.28. The van der Waals surface area contributed by atoms with E-state index in [2.05, 4.69) is 10.4 Å². The monoisotopic (exact) mass is 371 g/mol. The number of aromatic nitrogens is 2. The van der Waals surface area contributed by atoms with Crippen LogP contribution in [0.5, 0.6) is 11.5 Å². The molecule has 1 aromatic carbocycles. The number of ether oxygens (including phenoxy) is 2. The Bertz CT molecular complexity index is 908. The molecule has 27 heavy (non-hydrogen) atoms. The van der Waals surface area contributed by atoms with Crippen LogP contribution in [0.25, 0.3) is 0 Å². The maximum Gasteiger partial charge on any atom is 0.270 e. The predicted octanol–water partition coefficient (Wildman–Crippen LogP) is 3.17. The van der Waals surface area contributed by atoms with Crippen molar-refractivity contribution >= 4 is 11.7 Å². The maximum atomic E-state index is 12.8. The first-order valence-corrected chi connectivity index (χ1v) is 9.48. The fraction of sp³-hybridized carbons (Fsp3) is 0.500. The van der Waals surface area contributed by atoms with Crippen LogP contribution in [0.4, 0.5) is 5.82 Å². The Balaban J connectivity index is 1.78. The van der Waals surface area contributed by atoms with Crippen molar-refractivity contribution in [2.45, 2.75) is 50.5 Å². The van der Waals surface area contributed by atoms with Crippen LogP contribution in [0.3, 0.4) is 0 Å². The molecule has 1 atom stereocenters. The van der Waals surface area contributed by atoms with Gasteiger partial charge in [-0.05, 0) is 30.5 Å². The molecule has 1 aliphatic carbocycles. The van der Waals surface area contributed by atoms with E-state index in [1.165, 1.54) is 6.42 Å². The highest BCUT2D eigenvalue weighted by Gasteiger charge is 2.34. The SMILES string of the molecule is COc1ccc([C@@H]2CC(=O)Nc3c2c(=O)[nH]n3C2CCCCC2)cc1OC. The number of carbonyl (C=O) groups is 1. The highest BCUT2D eigenvalue weighted by molar-refractivity contribution is 5.94. The summed E-state index contributed by atoms with van der Waals surface area (Å²) in [6, 6.07) is 5.79. The van der Waals surface area contributed by atoms with E-state index in [9.17, 15) is 9.59 Å². The van der Waals surface area contributed by atoms with Crippen molar-refractivity contribution < 1.29 is 14.3 Å². The molecule has 2 aliphatic rings. The number of nitrogens with one attached hydrogen (secondary N) is 2. The highest BCUT2D eigenvalue weighted by atomic mass is 16.5. The van der Waals surface area contributed by atoms with Crippen molar-refractivity contribution in [3.8, 4) is 11.5 Å². The summed E-state index contributed by atoms with van der Waals surface area (Å²) in [4.78, 5) is 25.2. The molecule has 0 bridgehead atoms. The molecule has 1 aromatic heterocycles. The zero-order valence-electron chi connectivity index (χ0n) is 15.7. The quantitative estimate of drug-likeness (QED) is 0.864. The van der Waals surface area contributed by atoms with Crippen LogP contribution in [0, 0.1) is 0 Å². The van der Waals surface area contributed by atoms with Crippen molar-refractivity contribution in [2.24, 2.45) is 0 Å². The summed E-state index contributed by atoms with van der Waals surface area (Å²) in [5, 5.41) is 5.92. The highest BCUT2D eigenvalue weighted by Crippen LogP contribution is 2.40. The van der Waals surface area contributed by atoms with Gasteiger partial charge in [0.1, 0.15) is 5.82 Å². The van der Waals surface area contributed by atoms with E-state index >= 15 is 0 Å². The molecule has 0 saturated heterocycles. The summed E-state index contributed by atoms with van der Waals surface area (Å²) in [5.41, 5.74) is 1.37. The van der Waals surface area contributed by atoms with Gasteiger partial charge >= 0.3 is 0 Å². The molecule has 1 amide bonds. The van der Waals surface area contributed by atoms with E-state index in [1.54, 1.807) is 14.2 Å². The van der Waals surface area contributed by atoms with Crippen LogP contribution in [0.2, 0.25) is 0 Å². The van der Waals surface area contributed by atoms with E-state index in [0.29, 0.717) is 22.9 Å². The molecular formula is C20H25N3O4. The number of H-pyrrole nitrogens is 1. The van der Waals surface area contributed by atoms with Crippen LogP contribution in [-0.2, 0) is 4.79 Å². The number of amides is 1. The Morgan fingerprint density at radius 1 is 1.04 bits per heavy atom. The molecule has 2 aromatic rings. The first-order chi connectivity index (χ1) is 13.1. The van der Waals surface area contributed by atoms with Gasteiger partial charge in [0.25, 0.3) is 5.56 Å². The summed E-state index contributed by atoms with van der Waals surface area (Å²) in [6.07, 6.45) is 5.80. The summed E-state index contributed by atoms with van der Waals surface area (Å²) in [5.74, 6) is 1.46. The molecule has 1 aliphatic heterocycles. The smallest absolute Gasteiger partial charge is 0.270 e. The Hall–Kier alpha value is -2.70. The molecule has 0 unspecified atom stereocenters. The van der Waals surface area contributed by atoms with Gasteiger partial charge in [-0.2, -0.15) is 0 Å². The normalized spacial score (nSPS) is 20.1.